The lowest BCUT2D eigenvalue weighted by atomic mass is 10.2. The van der Waals surface area contributed by atoms with Gasteiger partial charge in [-0.15, -0.1) is 0 Å². The molecule has 1 aromatic heterocycles. The summed E-state index contributed by atoms with van der Waals surface area (Å²) in [5.41, 5.74) is 0.258. The molecular formula is C13H16F2N4. The molecule has 1 heterocycles. The van der Waals surface area contributed by atoms with E-state index in [0.717, 1.165) is 12.1 Å². The van der Waals surface area contributed by atoms with Crippen LogP contribution in [0.2, 0.25) is 0 Å². The highest BCUT2D eigenvalue weighted by Crippen LogP contribution is 2.10. The predicted octanol–water partition coefficient (Wildman–Crippen LogP) is 2.10. The molecule has 0 aliphatic carbocycles. The van der Waals surface area contributed by atoms with Crippen molar-refractivity contribution >= 4 is 0 Å². The van der Waals surface area contributed by atoms with Gasteiger partial charge in [0, 0.05) is 11.6 Å². The minimum absolute atomic E-state index is 0.165. The minimum atomic E-state index is -0.460. The summed E-state index contributed by atoms with van der Waals surface area (Å²) in [6, 6.07) is 3.72. The van der Waals surface area contributed by atoms with Gasteiger partial charge < -0.3 is 5.32 Å². The fourth-order valence-corrected chi connectivity index (χ4v) is 1.62. The van der Waals surface area contributed by atoms with Crippen LogP contribution in [-0.2, 0) is 13.1 Å². The summed E-state index contributed by atoms with van der Waals surface area (Å²) in [5.74, 6) is -0.275. The summed E-state index contributed by atoms with van der Waals surface area (Å²) in [6.07, 6.45) is 1.52. The molecule has 6 heteroatoms. The Kier molecular flexibility index (Phi) is 4.21. The number of halogens is 2. The number of aromatic nitrogens is 3. The van der Waals surface area contributed by atoms with Crippen molar-refractivity contribution in [1.29, 1.82) is 0 Å². The van der Waals surface area contributed by atoms with Crippen molar-refractivity contribution in [3.05, 3.63) is 47.5 Å². The number of hydrogen-bond donors (Lipinski definition) is 1. The van der Waals surface area contributed by atoms with E-state index in [-0.39, 0.29) is 12.1 Å². The maximum Gasteiger partial charge on any atom is 0.164 e. The van der Waals surface area contributed by atoms with Gasteiger partial charge in [-0.2, -0.15) is 5.10 Å². The van der Waals surface area contributed by atoms with Gasteiger partial charge in [0.1, 0.15) is 18.0 Å². The maximum absolute atomic E-state index is 13.5. The molecule has 4 nitrogen and oxygen atoms in total. The van der Waals surface area contributed by atoms with E-state index in [1.807, 2.05) is 13.8 Å². The Morgan fingerprint density at radius 1 is 1.32 bits per heavy atom. The lowest BCUT2D eigenvalue weighted by molar-refractivity contribution is 0.552. The molecule has 0 saturated heterocycles. The van der Waals surface area contributed by atoms with Gasteiger partial charge in [-0.25, -0.2) is 18.4 Å². The Morgan fingerprint density at radius 3 is 2.84 bits per heavy atom. The average molecular weight is 266 g/mol. The summed E-state index contributed by atoms with van der Waals surface area (Å²) in [5, 5.41) is 7.39. The second-order valence-corrected chi connectivity index (χ2v) is 4.63. The average Bonchev–Trinajstić information content (AvgIpc) is 2.79. The highest BCUT2D eigenvalue weighted by molar-refractivity contribution is 5.18. The molecule has 0 fully saturated rings. The number of nitrogens with one attached hydrogen (secondary N) is 1. The summed E-state index contributed by atoms with van der Waals surface area (Å²) in [4.78, 5) is 4.11. The number of nitrogens with zero attached hydrogens (tertiary/aromatic N) is 3. The zero-order chi connectivity index (χ0) is 13.8. The summed E-state index contributed by atoms with van der Waals surface area (Å²) in [7, 11) is 0. The monoisotopic (exact) mass is 266 g/mol. The smallest absolute Gasteiger partial charge is 0.164 e. The van der Waals surface area contributed by atoms with E-state index in [1.165, 1.54) is 17.1 Å². The van der Waals surface area contributed by atoms with Crippen LogP contribution < -0.4 is 5.32 Å². The first kappa shape index (κ1) is 13.6. The van der Waals surface area contributed by atoms with Gasteiger partial charge in [-0.3, -0.25) is 0 Å². The second kappa shape index (κ2) is 5.88. The van der Waals surface area contributed by atoms with E-state index in [2.05, 4.69) is 15.4 Å². The lowest BCUT2D eigenvalue weighted by Crippen LogP contribution is -2.22. The first-order valence-corrected chi connectivity index (χ1v) is 6.10. The number of hydrogen-bond acceptors (Lipinski definition) is 3. The van der Waals surface area contributed by atoms with Gasteiger partial charge in [0.2, 0.25) is 0 Å². The third kappa shape index (κ3) is 3.82. The SMILES string of the molecule is CC(C)NCc1ncn(Cc2cc(F)ccc2F)n1. The molecule has 2 rings (SSSR count). The predicted molar refractivity (Wildman–Crippen MR) is 67.5 cm³/mol. The topological polar surface area (TPSA) is 42.7 Å². The highest BCUT2D eigenvalue weighted by atomic mass is 19.1. The largest absolute Gasteiger partial charge is 0.308 e. The van der Waals surface area contributed by atoms with Crippen LogP contribution >= 0.6 is 0 Å². The molecular weight excluding hydrogens is 250 g/mol. The van der Waals surface area contributed by atoms with Crippen molar-refractivity contribution in [2.24, 2.45) is 0 Å². The molecule has 0 radical (unpaired) electrons. The summed E-state index contributed by atoms with van der Waals surface area (Å²) >= 11 is 0. The molecule has 0 aliphatic heterocycles. The number of benzene rings is 1. The maximum atomic E-state index is 13.5. The Morgan fingerprint density at radius 2 is 2.11 bits per heavy atom. The van der Waals surface area contributed by atoms with E-state index in [0.29, 0.717) is 18.4 Å². The molecule has 0 aliphatic rings. The van der Waals surface area contributed by atoms with Crippen molar-refractivity contribution in [3.8, 4) is 0 Å². The zero-order valence-corrected chi connectivity index (χ0v) is 10.9. The van der Waals surface area contributed by atoms with Crippen molar-refractivity contribution in [3.63, 3.8) is 0 Å². The fraction of sp³-hybridized carbons (Fsp3) is 0.385. The molecule has 1 aromatic carbocycles. The van der Waals surface area contributed by atoms with Crippen LogP contribution in [0.3, 0.4) is 0 Å². The molecule has 0 saturated carbocycles. The van der Waals surface area contributed by atoms with Gasteiger partial charge in [-0.1, -0.05) is 13.8 Å². The lowest BCUT2D eigenvalue weighted by Gasteiger charge is -2.05. The standard InChI is InChI=1S/C13H16F2N4/c1-9(2)16-6-13-17-8-19(18-13)7-10-5-11(14)3-4-12(10)15/h3-5,8-9,16H,6-7H2,1-2H3. The van der Waals surface area contributed by atoms with Gasteiger partial charge in [0.25, 0.3) is 0 Å². The van der Waals surface area contributed by atoms with E-state index in [4.69, 9.17) is 0 Å². The van der Waals surface area contributed by atoms with Gasteiger partial charge in [0.05, 0.1) is 13.1 Å². The molecule has 102 valence electrons. The minimum Gasteiger partial charge on any atom is -0.308 e. The third-order valence-electron chi connectivity index (χ3n) is 2.59. The van der Waals surface area contributed by atoms with Gasteiger partial charge >= 0.3 is 0 Å². The summed E-state index contributed by atoms with van der Waals surface area (Å²) < 4.78 is 28.0. The van der Waals surface area contributed by atoms with Crippen molar-refractivity contribution in [2.75, 3.05) is 0 Å². The van der Waals surface area contributed by atoms with Crippen LogP contribution in [-0.4, -0.2) is 20.8 Å². The van der Waals surface area contributed by atoms with Crippen molar-refractivity contribution < 1.29 is 8.78 Å². The van der Waals surface area contributed by atoms with Crippen LogP contribution in [0.1, 0.15) is 25.2 Å². The van der Waals surface area contributed by atoms with E-state index < -0.39 is 11.6 Å². The molecule has 0 amide bonds. The van der Waals surface area contributed by atoms with Gasteiger partial charge in [0.15, 0.2) is 5.82 Å². The van der Waals surface area contributed by atoms with Crippen LogP contribution in [0.5, 0.6) is 0 Å². The quantitative estimate of drug-likeness (QED) is 0.901. The molecule has 1 N–H and O–H groups in total. The van der Waals surface area contributed by atoms with E-state index in [9.17, 15) is 8.78 Å². The first-order valence-electron chi connectivity index (χ1n) is 6.10. The normalized spacial score (nSPS) is 11.2. The molecule has 19 heavy (non-hydrogen) atoms. The Hall–Kier alpha value is -1.82. The van der Waals surface area contributed by atoms with Crippen LogP contribution in [0.4, 0.5) is 8.78 Å². The van der Waals surface area contributed by atoms with Gasteiger partial charge in [-0.05, 0) is 18.2 Å². The fourth-order valence-electron chi connectivity index (χ4n) is 1.62. The van der Waals surface area contributed by atoms with E-state index >= 15 is 0 Å². The van der Waals surface area contributed by atoms with Crippen LogP contribution in [0.15, 0.2) is 24.5 Å². The van der Waals surface area contributed by atoms with E-state index in [1.54, 1.807) is 0 Å². The molecule has 0 bridgehead atoms. The Labute approximate surface area is 110 Å². The molecule has 0 unspecified atom stereocenters. The molecule has 2 aromatic rings. The zero-order valence-electron chi connectivity index (χ0n) is 10.9. The number of rotatable bonds is 5. The molecule has 0 spiro atoms. The summed E-state index contributed by atoms with van der Waals surface area (Å²) in [6.45, 7) is 4.77. The molecule has 0 atom stereocenters. The van der Waals surface area contributed by atoms with Crippen LogP contribution in [0, 0.1) is 11.6 Å². The Balaban J connectivity index is 2.05. The highest BCUT2D eigenvalue weighted by Gasteiger charge is 2.07. The van der Waals surface area contributed by atoms with Crippen LogP contribution in [0.25, 0.3) is 0 Å². The third-order valence-corrected chi connectivity index (χ3v) is 2.59. The first-order chi connectivity index (χ1) is 9.04. The van der Waals surface area contributed by atoms with Crippen molar-refractivity contribution in [2.45, 2.75) is 33.0 Å². The second-order valence-electron chi connectivity index (χ2n) is 4.63. The Bertz CT molecular complexity index is 551. The van der Waals surface area contributed by atoms with Crippen molar-refractivity contribution in [1.82, 2.24) is 20.1 Å².